The zero-order valence-corrected chi connectivity index (χ0v) is 43.9. The van der Waals surface area contributed by atoms with E-state index >= 15 is 0 Å². The topological polar surface area (TPSA) is 225 Å². The summed E-state index contributed by atoms with van der Waals surface area (Å²) in [7, 11) is 5.68. The van der Waals surface area contributed by atoms with Crippen LogP contribution in [0.3, 0.4) is 0 Å². The number of aliphatic hydroxyl groups excluding tert-OH is 1. The van der Waals surface area contributed by atoms with E-state index in [9.17, 15) is 44.2 Å². The van der Waals surface area contributed by atoms with E-state index in [4.69, 9.17) is 28.4 Å². The number of methoxy groups -OCH3 is 3. The average molecular weight is 991 g/mol. The summed E-state index contributed by atoms with van der Waals surface area (Å²) in [6, 6.07) is -1.17. The molecule has 2 amide bonds. The van der Waals surface area contributed by atoms with Gasteiger partial charge in [0, 0.05) is 65.5 Å². The van der Waals surface area contributed by atoms with Crippen LogP contribution in [0.5, 0.6) is 0 Å². The molecule has 1 saturated carbocycles. The molecule has 0 aromatic heterocycles. The van der Waals surface area contributed by atoms with Crippen molar-refractivity contribution in [2.45, 2.75) is 206 Å². The lowest BCUT2D eigenvalue weighted by molar-refractivity contribution is -0.265. The van der Waals surface area contributed by atoms with Crippen molar-refractivity contribution in [2.75, 3.05) is 34.9 Å². The van der Waals surface area contributed by atoms with Crippen LogP contribution in [0, 0.1) is 35.5 Å². The van der Waals surface area contributed by atoms with Crippen molar-refractivity contribution >= 4 is 35.3 Å². The van der Waals surface area contributed by atoms with E-state index in [1.165, 1.54) is 26.2 Å². The minimum Gasteiger partial charge on any atom is -0.460 e. The molecule has 17 nitrogen and oxygen atoms in total. The van der Waals surface area contributed by atoms with E-state index in [2.05, 4.69) is 13.0 Å². The summed E-state index contributed by atoms with van der Waals surface area (Å²) in [5.41, 5.74) is 1.37. The van der Waals surface area contributed by atoms with Crippen LogP contribution in [0.25, 0.3) is 0 Å². The van der Waals surface area contributed by atoms with Crippen molar-refractivity contribution in [3.63, 3.8) is 0 Å². The van der Waals surface area contributed by atoms with Gasteiger partial charge in [-0.25, -0.2) is 9.59 Å². The summed E-state index contributed by atoms with van der Waals surface area (Å²) in [6.07, 6.45) is 5.88. The van der Waals surface area contributed by atoms with E-state index in [1.807, 2.05) is 20.8 Å². The molecular weight excluding hydrogens is 905 g/mol. The molecule has 2 bridgehead atoms. The van der Waals surface area contributed by atoms with Gasteiger partial charge in [0.15, 0.2) is 5.78 Å². The highest BCUT2D eigenvalue weighted by Crippen LogP contribution is 2.38. The number of aliphatic hydroxyl groups is 2. The van der Waals surface area contributed by atoms with Crippen LogP contribution in [-0.4, -0.2) is 150 Å². The maximum Gasteiger partial charge on any atom is 0.433 e. The second-order valence-corrected chi connectivity index (χ2v) is 21.1. The third-order valence-electron chi connectivity index (χ3n) is 15.6. The van der Waals surface area contributed by atoms with E-state index in [-0.39, 0.29) is 54.8 Å². The first kappa shape index (κ1) is 59.0. The lowest BCUT2D eigenvalue weighted by Crippen LogP contribution is -2.61. The fourth-order valence-corrected chi connectivity index (χ4v) is 11.0. The number of amides is 2. The standard InChI is InChI=1S/C53H86N2O15/c1-31-17-13-12-14-18-32(2)43(65-9)29-39-22-20-37(7)53(63,70-39)49(59)50(60)55-24-16-15-19-40(55)51(61)68-44(34(4)27-38-21-23-42(45(28-38)66-10)69-52(62)54(8)64)30-41(56)33(3)26-36(6)47(58)48(67-11)46(57)35(5)25-31/h18,26,31,33-35,37-40,42-45,47-48,58,63-64H,12-17,19-25,27-30H2,1-11H3/b32-18?,36-26+/t31-,33-,34-,35-,37-,38+,39+,40+,42-,43+,44+,45-,47-,48+,53-/m1/s1. The van der Waals surface area contributed by atoms with Crippen LogP contribution in [0.2, 0.25) is 0 Å². The number of hydroxylamine groups is 2. The predicted octanol–water partition coefficient (Wildman–Crippen LogP) is 7.09. The highest BCUT2D eigenvalue weighted by atomic mass is 16.6. The minimum atomic E-state index is -2.43. The number of hydrogen-bond donors (Lipinski definition) is 3. The van der Waals surface area contributed by atoms with E-state index in [0.29, 0.717) is 74.8 Å². The van der Waals surface area contributed by atoms with Crippen LogP contribution >= 0.6 is 0 Å². The number of rotatable bonds is 7. The number of esters is 1. The molecule has 15 atom stereocenters. The number of nitrogens with zero attached hydrogens (tertiary/aromatic N) is 2. The van der Waals surface area contributed by atoms with Crippen LogP contribution in [0.15, 0.2) is 23.3 Å². The van der Waals surface area contributed by atoms with Gasteiger partial charge in [-0.2, -0.15) is 5.06 Å². The number of fused-ring (bicyclic) bond motifs is 3. The maximum atomic E-state index is 14.5. The summed E-state index contributed by atoms with van der Waals surface area (Å²) in [6.45, 7) is 12.9. The van der Waals surface area contributed by atoms with Gasteiger partial charge in [-0.3, -0.25) is 24.4 Å². The van der Waals surface area contributed by atoms with Crippen LogP contribution < -0.4 is 0 Å². The molecule has 3 fully saturated rings. The molecule has 3 N–H and O–H groups in total. The summed E-state index contributed by atoms with van der Waals surface area (Å²) in [5.74, 6) is -7.98. The van der Waals surface area contributed by atoms with Gasteiger partial charge in [0.25, 0.3) is 11.7 Å². The Morgan fingerprint density at radius 3 is 2.23 bits per heavy atom. The van der Waals surface area contributed by atoms with Gasteiger partial charge < -0.3 is 43.5 Å². The molecule has 3 aliphatic heterocycles. The highest BCUT2D eigenvalue weighted by Gasteiger charge is 2.53. The first-order valence-electron chi connectivity index (χ1n) is 25.8. The second-order valence-electron chi connectivity index (χ2n) is 21.1. The molecule has 0 radical (unpaired) electrons. The number of ketones is 3. The fraction of sp³-hybridized carbons (Fsp3) is 0.811. The average Bonchev–Trinajstić information content (AvgIpc) is 3.33. The molecule has 4 rings (SSSR count). The van der Waals surface area contributed by atoms with Crippen LogP contribution in [-0.2, 0) is 52.4 Å². The number of cyclic esters (lactones) is 1. The number of Topliss-reactive ketones (excluding diaryl/α,β-unsaturated/α-hetero) is 3. The minimum absolute atomic E-state index is 0.000445. The summed E-state index contributed by atoms with van der Waals surface area (Å²) in [5, 5.41) is 33.5. The number of carbonyl (C=O) groups excluding carboxylic acids is 6. The normalized spacial score (nSPS) is 37.0. The highest BCUT2D eigenvalue weighted by molar-refractivity contribution is 6.39. The first-order chi connectivity index (χ1) is 33.1. The fourth-order valence-electron chi connectivity index (χ4n) is 11.0. The third kappa shape index (κ3) is 15.7. The Bertz CT molecular complexity index is 1840. The SMILES string of the molecule is CO[C@H]1C[C@@H]2CC[C@@H](C)[C@@](O)(O2)C(=O)C(=O)N2CCCC[C@H]2C(=O)O[C@H]([C@H](C)C[C@@H]2CC[C@@H](OC(=O)N(C)O)[C@H](OC)C2)CC(=O)[C@H](C)/C=C(\C)[C@@H](O)[C@@H](OC)C(=O)[C@H](C)C[C@H](C)CCCCC=C1C. The van der Waals surface area contributed by atoms with Gasteiger partial charge >= 0.3 is 12.1 Å². The van der Waals surface area contributed by atoms with Crippen molar-refractivity contribution in [3.8, 4) is 0 Å². The monoisotopic (exact) mass is 991 g/mol. The summed E-state index contributed by atoms with van der Waals surface area (Å²) < 4.78 is 35.2. The van der Waals surface area contributed by atoms with E-state index in [1.54, 1.807) is 34.0 Å². The Balaban J connectivity index is 1.67. The molecule has 3 heterocycles. The molecule has 4 aliphatic rings. The first-order valence-corrected chi connectivity index (χ1v) is 25.8. The molecule has 0 unspecified atom stereocenters. The van der Waals surface area contributed by atoms with Gasteiger partial charge in [0.05, 0.1) is 18.3 Å². The van der Waals surface area contributed by atoms with Crippen molar-refractivity contribution < 1.29 is 72.6 Å². The van der Waals surface area contributed by atoms with Crippen molar-refractivity contribution in [3.05, 3.63) is 23.3 Å². The second kappa shape index (κ2) is 27.5. The summed E-state index contributed by atoms with van der Waals surface area (Å²) >= 11 is 0. The Morgan fingerprint density at radius 1 is 0.871 bits per heavy atom. The van der Waals surface area contributed by atoms with Crippen LogP contribution in [0.1, 0.15) is 151 Å². The zero-order valence-electron chi connectivity index (χ0n) is 43.9. The maximum absolute atomic E-state index is 14.5. The number of ether oxygens (including phenoxy) is 6. The zero-order chi connectivity index (χ0) is 52.0. The van der Waals surface area contributed by atoms with E-state index in [0.717, 1.165) is 31.3 Å². The molecule has 2 saturated heterocycles. The van der Waals surface area contributed by atoms with Crippen molar-refractivity contribution in [2.24, 2.45) is 35.5 Å². The molecule has 0 aromatic carbocycles. The molecule has 398 valence electrons. The lowest BCUT2D eigenvalue weighted by Gasteiger charge is -2.42. The number of piperidine rings is 1. The van der Waals surface area contributed by atoms with Gasteiger partial charge in [-0.1, -0.05) is 59.6 Å². The number of allylic oxidation sites excluding steroid dienone is 2. The van der Waals surface area contributed by atoms with Gasteiger partial charge in [-0.05, 0) is 120 Å². The van der Waals surface area contributed by atoms with E-state index < -0.39 is 90.0 Å². The van der Waals surface area contributed by atoms with Crippen molar-refractivity contribution in [1.29, 1.82) is 0 Å². The largest absolute Gasteiger partial charge is 0.460 e. The van der Waals surface area contributed by atoms with Crippen LogP contribution in [0.4, 0.5) is 4.79 Å². The van der Waals surface area contributed by atoms with Gasteiger partial charge in [0.2, 0.25) is 5.79 Å². The Kier molecular flexibility index (Phi) is 23.1. The smallest absolute Gasteiger partial charge is 0.433 e. The Labute approximate surface area is 416 Å². The predicted molar refractivity (Wildman–Crippen MR) is 259 cm³/mol. The molecule has 17 heteroatoms. The molecule has 0 spiro atoms. The molecular formula is C53H86N2O15. The Hall–Kier alpha value is -3.58. The third-order valence-corrected chi connectivity index (χ3v) is 15.6. The lowest BCUT2D eigenvalue weighted by atomic mass is 9.78. The molecule has 0 aromatic rings. The Morgan fingerprint density at radius 2 is 1.57 bits per heavy atom. The van der Waals surface area contributed by atoms with Crippen molar-refractivity contribution in [1.82, 2.24) is 9.96 Å². The number of hydrogen-bond acceptors (Lipinski definition) is 15. The quantitative estimate of drug-likeness (QED) is 0.0761. The summed E-state index contributed by atoms with van der Waals surface area (Å²) in [4.78, 5) is 84.5. The van der Waals surface area contributed by atoms with Gasteiger partial charge in [0.1, 0.15) is 36.2 Å². The molecule has 70 heavy (non-hydrogen) atoms. The van der Waals surface area contributed by atoms with Gasteiger partial charge in [-0.15, -0.1) is 0 Å². The number of carbonyl (C=O) groups is 6. The molecule has 1 aliphatic carbocycles.